The van der Waals surface area contributed by atoms with Gasteiger partial charge in [-0.1, -0.05) is 37.1 Å². The Morgan fingerprint density at radius 1 is 1.38 bits per heavy atom. The molecule has 3 aliphatic rings. The molecule has 0 aromatic heterocycles. The standard InChI is InChI=1S/C18H21NO2/c1-3-4-9-17-10-12(2)16-18(17,11-15(20)21-17)13-7-5-6-8-14(13)19-16/h5-8,10,16,19H,3-4,9,11H2,1-2H3/t16-,17-,18-/m0/s1. The average Bonchev–Trinajstić information content (AvgIpc) is 3.01. The van der Waals surface area contributed by atoms with Crippen molar-refractivity contribution in [3.8, 4) is 0 Å². The van der Waals surface area contributed by atoms with Crippen LogP contribution in [-0.2, 0) is 14.9 Å². The van der Waals surface area contributed by atoms with Gasteiger partial charge >= 0.3 is 5.97 Å². The summed E-state index contributed by atoms with van der Waals surface area (Å²) in [7, 11) is 0. The van der Waals surface area contributed by atoms with Gasteiger partial charge in [0.15, 0.2) is 0 Å². The molecule has 1 aliphatic carbocycles. The van der Waals surface area contributed by atoms with Gasteiger partial charge < -0.3 is 10.1 Å². The van der Waals surface area contributed by atoms with Crippen LogP contribution in [0.1, 0.15) is 45.1 Å². The Kier molecular flexibility index (Phi) is 2.54. The Morgan fingerprint density at radius 2 is 2.19 bits per heavy atom. The van der Waals surface area contributed by atoms with E-state index in [0.29, 0.717) is 6.42 Å². The summed E-state index contributed by atoms with van der Waals surface area (Å²) in [6.07, 6.45) is 5.81. The van der Waals surface area contributed by atoms with E-state index in [0.717, 1.165) is 24.9 Å². The highest BCUT2D eigenvalue weighted by molar-refractivity contribution is 5.83. The number of benzene rings is 1. The highest BCUT2D eigenvalue weighted by Gasteiger charge is 2.69. The lowest BCUT2D eigenvalue weighted by molar-refractivity contribution is -0.146. The number of rotatable bonds is 3. The van der Waals surface area contributed by atoms with Gasteiger partial charge in [0.25, 0.3) is 0 Å². The van der Waals surface area contributed by atoms with Crippen molar-refractivity contribution in [2.75, 3.05) is 5.32 Å². The molecule has 3 atom stereocenters. The van der Waals surface area contributed by atoms with Crippen molar-refractivity contribution >= 4 is 11.7 Å². The first-order valence-electron chi connectivity index (χ1n) is 7.90. The molecular formula is C18H21NO2. The van der Waals surface area contributed by atoms with Crippen LogP contribution in [0, 0.1) is 0 Å². The Hall–Kier alpha value is -1.77. The lowest BCUT2D eigenvalue weighted by Crippen LogP contribution is -2.49. The first kappa shape index (κ1) is 12.9. The summed E-state index contributed by atoms with van der Waals surface area (Å²) in [6, 6.07) is 8.59. The van der Waals surface area contributed by atoms with Crippen molar-refractivity contribution in [3.63, 3.8) is 0 Å². The first-order valence-corrected chi connectivity index (χ1v) is 7.90. The van der Waals surface area contributed by atoms with E-state index in [1.54, 1.807) is 0 Å². The molecule has 21 heavy (non-hydrogen) atoms. The summed E-state index contributed by atoms with van der Waals surface area (Å²) in [5.74, 6) is -0.0571. The topological polar surface area (TPSA) is 38.3 Å². The second-order valence-electron chi connectivity index (χ2n) is 6.63. The summed E-state index contributed by atoms with van der Waals surface area (Å²) in [5, 5.41) is 3.63. The van der Waals surface area contributed by atoms with E-state index in [1.807, 2.05) is 6.07 Å². The Morgan fingerprint density at radius 3 is 3.00 bits per heavy atom. The molecule has 0 radical (unpaired) electrons. The fourth-order valence-electron chi connectivity index (χ4n) is 4.71. The van der Waals surface area contributed by atoms with Gasteiger partial charge in [-0.2, -0.15) is 0 Å². The molecule has 2 heterocycles. The molecule has 2 aliphatic heterocycles. The van der Waals surface area contributed by atoms with Gasteiger partial charge in [0.05, 0.1) is 17.9 Å². The largest absolute Gasteiger partial charge is 0.454 e. The number of unbranched alkanes of at least 4 members (excludes halogenated alkanes) is 1. The van der Waals surface area contributed by atoms with Gasteiger partial charge in [0.1, 0.15) is 5.60 Å². The molecule has 110 valence electrons. The normalized spacial score (nSPS) is 35.6. The molecule has 1 spiro atoms. The molecule has 1 N–H and O–H groups in total. The highest BCUT2D eigenvalue weighted by atomic mass is 16.6. The van der Waals surface area contributed by atoms with Crippen LogP contribution in [0.2, 0.25) is 0 Å². The predicted octanol–water partition coefficient (Wildman–Crippen LogP) is 3.55. The molecule has 1 aromatic carbocycles. The third-order valence-corrected chi connectivity index (χ3v) is 5.49. The van der Waals surface area contributed by atoms with E-state index in [-0.39, 0.29) is 17.4 Å². The molecule has 0 saturated carbocycles. The minimum absolute atomic E-state index is 0.0571. The molecular weight excluding hydrogens is 262 g/mol. The molecule has 1 saturated heterocycles. The van der Waals surface area contributed by atoms with E-state index < -0.39 is 5.60 Å². The van der Waals surface area contributed by atoms with E-state index in [2.05, 4.69) is 43.4 Å². The van der Waals surface area contributed by atoms with Crippen molar-refractivity contribution in [2.45, 2.75) is 56.6 Å². The maximum absolute atomic E-state index is 12.2. The molecule has 3 nitrogen and oxygen atoms in total. The summed E-state index contributed by atoms with van der Waals surface area (Å²) in [4.78, 5) is 12.2. The maximum Gasteiger partial charge on any atom is 0.307 e. The van der Waals surface area contributed by atoms with Crippen LogP contribution in [0.4, 0.5) is 5.69 Å². The van der Waals surface area contributed by atoms with Crippen LogP contribution < -0.4 is 5.32 Å². The number of esters is 1. The van der Waals surface area contributed by atoms with E-state index in [1.165, 1.54) is 11.1 Å². The van der Waals surface area contributed by atoms with Crippen molar-refractivity contribution in [1.82, 2.24) is 0 Å². The molecule has 0 unspecified atom stereocenters. The van der Waals surface area contributed by atoms with Gasteiger partial charge in [-0.05, 0) is 37.5 Å². The quantitative estimate of drug-likeness (QED) is 0.681. The van der Waals surface area contributed by atoms with Crippen LogP contribution in [0.5, 0.6) is 0 Å². The van der Waals surface area contributed by atoms with Crippen LogP contribution in [0.3, 0.4) is 0 Å². The number of carbonyl (C=O) groups is 1. The Balaban J connectivity index is 1.92. The molecule has 1 fully saturated rings. The van der Waals surface area contributed by atoms with E-state index >= 15 is 0 Å². The van der Waals surface area contributed by atoms with Gasteiger partial charge in [0.2, 0.25) is 0 Å². The van der Waals surface area contributed by atoms with Crippen LogP contribution in [0.15, 0.2) is 35.9 Å². The summed E-state index contributed by atoms with van der Waals surface area (Å²) < 4.78 is 5.95. The van der Waals surface area contributed by atoms with Crippen molar-refractivity contribution in [2.24, 2.45) is 0 Å². The van der Waals surface area contributed by atoms with Crippen molar-refractivity contribution in [3.05, 3.63) is 41.5 Å². The lowest BCUT2D eigenvalue weighted by atomic mass is 9.65. The third-order valence-electron chi connectivity index (χ3n) is 5.49. The van der Waals surface area contributed by atoms with Crippen LogP contribution >= 0.6 is 0 Å². The average molecular weight is 283 g/mol. The molecule has 0 amide bonds. The summed E-state index contributed by atoms with van der Waals surface area (Å²) >= 11 is 0. The summed E-state index contributed by atoms with van der Waals surface area (Å²) in [5.41, 5.74) is 3.03. The number of carbonyl (C=O) groups excluding carboxylic acids is 1. The number of hydrogen-bond acceptors (Lipinski definition) is 3. The molecule has 3 heteroatoms. The number of anilines is 1. The highest BCUT2D eigenvalue weighted by Crippen LogP contribution is 2.62. The maximum atomic E-state index is 12.2. The van der Waals surface area contributed by atoms with E-state index in [9.17, 15) is 4.79 Å². The Labute approximate surface area is 125 Å². The minimum Gasteiger partial charge on any atom is -0.454 e. The van der Waals surface area contributed by atoms with Gasteiger partial charge in [-0.3, -0.25) is 4.79 Å². The molecule has 0 bridgehead atoms. The zero-order valence-corrected chi connectivity index (χ0v) is 12.6. The summed E-state index contributed by atoms with van der Waals surface area (Å²) in [6.45, 7) is 4.34. The Bertz CT molecular complexity index is 650. The van der Waals surface area contributed by atoms with Gasteiger partial charge in [-0.25, -0.2) is 0 Å². The number of para-hydroxylation sites is 1. The second-order valence-corrected chi connectivity index (χ2v) is 6.63. The fourth-order valence-corrected chi connectivity index (χ4v) is 4.71. The number of nitrogens with one attached hydrogen (secondary N) is 1. The number of fused-ring (bicyclic) bond motifs is 1. The van der Waals surface area contributed by atoms with Crippen molar-refractivity contribution < 1.29 is 9.53 Å². The van der Waals surface area contributed by atoms with Gasteiger partial charge in [0, 0.05) is 5.69 Å². The van der Waals surface area contributed by atoms with Crippen molar-refractivity contribution in [1.29, 1.82) is 0 Å². The van der Waals surface area contributed by atoms with Gasteiger partial charge in [-0.15, -0.1) is 0 Å². The monoisotopic (exact) mass is 283 g/mol. The zero-order valence-electron chi connectivity index (χ0n) is 12.6. The first-order chi connectivity index (χ1) is 10.1. The second kappa shape index (κ2) is 4.12. The smallest absolute Gasteiger partial charge is 0.307 e. The third kappa shape index (κ3) is 1.42. The lowest BCUT2D eigenvalue weighted by Gasteiger charge is -2.38. The molecule has 1 aromatic rings. The minimum atomic E-state index is -0.450. The predicted molar refractivity (Wildman–Crippen MR) is 82.3 cm³/mol. The molecule has 4 rings (SSSR count). The number of ether oxygens (including phenoxy) is 1. The van der Waals surface area contributed by atoms with E-state index in [4.69, 9.17) is 4.74 Å². The zero-order chi connectivity index (χ0) is 14.7. The van der Waals surface area contributed by atoms with Crippen LogP contribution in [0.25, 0.3) is 0 Å². The fraction of sp³-hybridized carbons (Fsp3) is 0.500. The SMILES string of the molecule is CCCC[C@]12C=C(C)[C@@H]3Nc4ccccc4[C@@]31CC(=O)O2. The van der Waals surface area contributed by atoms with Crippen LogP contribution in [-0.4, -0.2) is 17.6 Å². The number of hydrogen-bond donors (Lipinski definition) is 1.